The van der Waals surface area contributed by atoms with Gasteiger partial charge in [-0.05, 0) is 49.9 Å². The summed E-state index contributed by atoms with van der Waals surface area (Å²) in [6.07, 6.45) is 2.40. The van der Waals surface area contributed by atoms with Gasteiger partial charge in [0.1, 0.15) is 0 Å². The van der Waals surface area contributed by atoms with Crippen LogP contribution < -0.4 is 20.9 Å². The average molecular weight is 612 g/mol. The maximum absolute atomic E-state index is 9.17. The van der Waals surface area contributed by atoms with E-state index < -0.39 is 0 Å². The molecule has 42 heavy (non-hydrogen) atoms. The number of nitrogens with two attached hydrogens (primary N) is 2. The molecule has 2 heterocycles. The van der Waals surface area contributed by atoms with Gasteiger partial charge >= 0.3 is 0 Å². The number of aliphatic hydroxyl groups is 2. The van der Waals surface area contributed by atoms with Crippen LogP contribution >= 0.6 is 23.2 Å². The standard InChI is InChI=1S/C32H36Cl2N4O4/c1-41-31-21(25(35)11-5-17-39)13-15-27(37-31)23-9-3-7-19(29(23)33)20-8-4-10-24(30(20)34)28-16-14-22(32(38-28)42-2)26(36)12-6-18-40/h3-4,7-10,13-16,25-26,39-40H,5-6,11-12,17-18,35-36H2,1-2H3. The molecular weight excluding hydrogens is 575 g/mol. The fourth-order valence-corrected chi connectivity index (χ4v) is 5.55. The molecule has 0 bridgehead atoms. The van der Waals surface area contributed by atoms with Crippen LogP contribution in [-0.2, 0) is 0 Å². The van der Waals surface area contributed by atoms with Crippen LogP contribution in [0.5, 0.6) is 11.8 Å². The molecule has 0 saturated carbocycles. The Morgan fingerprint density at radius 3 is 1.38 bits per heavy atom. The summed E-state index contributed by atoms with van der Waals surface area (Å²) in [5, 5.41) is 19.3. The first-order chi connectivity index (χ1) is 20.3. The highest BCUT2D eigenvalue weighted by atomic mass is 35.5. The van der Waals surface area contributed by atoms with Gasteiger partial charge < -0.3 is 31.2 Å². The minimum Gasteiger partial charge on any atom is -0.481 e. The zero-order valence-corrected chi connectivity index (χ0v) is 25.2. The number of halogens is 2. The summed E-state index contributed by atoms with van der Waals surface area (Å²) in [7, 11) is 3.10. The highest BCUT2D eigenvalue weighted by Gasteiger charge is 2.20. The second kappa shape index (κ2) is 14.8. The molecule has 4 aromatic rings. The summed E-state index contributed by atoms with van der Waals surface area (Å²) < 4.78 is 11.1. The number of rotatable bonds is 13. The van der Waals surface area contributed by atoms with E-state index in [1.54, 1.807) is 14.2 Å². The third kappa shape index (κ3) is 6.86. The van der Waals surface area contributed by atoms with Gasteiger partial charge in [-0.15, -0.1) is 0 Å². The summed E-state index contributed by atoms with van der Waals surface area (Å²) in [5.41, 5.74) is 18.3. The quantitative estimate of drug-likeness (QED) is 0.137. The van der Waals surface area contributed by atoms with Crippen molar-refractivity contribution < 1.29 is 19.7 Å². The lowest BCUT2D eigenvalue weighted by Crippen LogP contribution is -2.13. The smallest absolute Gasteiger partial charge is 0.218 e. The molecule has 0 saturated heterocycles. The molecule has 2 aromatic carbocycles. The van der Waals surface area contributed by atoms with Crippen molar-refractivity contribution in [3.63, 3.8) is 0 Å². The Morgan fingerprint density at radius 1 is 0.643 bits per heavy atom. The van der Waals surface area contributed by atoms with Crippen LogP contribution in [0.4, 0.5) is 0 Å². The van der Waals surface area contributed by atoms with Crippen molar-refractivity contribution >= 4 is 23.2 Å². The number of aromatic nitrogens is 2. The molecule has 2 unspecified atom stereocenters. The Kier molecular flexibility index (Phi) is 11.2. The number of methoxy groups -OCH3 is 2. The monoisotopic (exact) mass is 610 g/mol. The number of hydrogen-bond donors (Lipinski definition) is 4. The largest absolute Gasteiger partial charge is 0.481 e. The molecule has 0 aliphatic rings. The summed E-state index contributed by atoms with van der Waals surface area (Å²) >= 11 is 14.0. The Bertz CT molecular complexity index is 1410. The van der Waals surface area contributed by atoms with E-state index in [1.165, 1.54) is 0 Å². The minimum atomic E-state index is -0.311. The van der Waals surface area contributed by atoms with Gasteiger partial charge in [0.15, 0.2) is 0 Å². The maximum atomic E-state index is 9.17. The summed E-state index contributed by atoms with van der Waals surface area (Å²) in [6, 6.07) is 18.3. The molecule has 10 heteroatoms. The highest BCUT2D eigenvalue weighted by molar-refractivity contribution is 6.39. The van der Waals surface area contributed by atoms with E-state index >= 15 is 0 Å². The van der Waals surface area contributed by atoms with Crippen LogP contribution in [0.1, 0.15) is 48.9 Å². The van der Waals surface area contributed by atoms with Gasteiger partial charge in [0.2, 0.25) is 11.8 Å². The molecule has 2 atom stereocenters. The van der Waals surface area contributed by atoms with Gasteiger partial charge in [0.25, 0.3) is 0 Å². The lowest BCUT2D eigenvalue weighted by Gasteiger charge is -2.17. The predicted octanol–water partition coefficient (Wildman–Crippen LogP) is 6.35. The number of aliphatic hydroxyl groups excluding tert-OH is 2. The molecule has 0 radical (unpaired) electrons. The molecule has 0 fully saturated rings. The van der Waals surface area contributed by atoms with E-state index in [0.717, 1.165) is 22.3 Å². The Labute approximate surface area is 256 Å². The summed E-state index contributed by atoms with van der Waals surface area (Å²) in [4.78, 5) is 9.41. The number of hydrogen-bond acceptors (Lipinski definition) is 8. The van der Waals surface area contributed by atoms with E-state index in [2.05, 4.69) is 0 Å². The lowest BCUT2D eigenvalue weighted by atomic mass is 9.97. The third-order valence-corrected chi connectivity index (χ3v) is 7.97. The molecule has 8 nitrogen and oxygen atoms in total. The zero-order chi connectivity index (χ0) is 30.2. The summed E-state index contributed by atoms with van der Waals surface area (Å²) in [6.45, 7) is 0.143. The van der Waals surface area contributed by atoms with Crippen LogP contribution in [0.25, 0.3) is 33.6 Å². The number of benzene rings is 2. The van der Waals surface area contributed by atoms with Crippen LogP contribution in [0, 0.1) is 0 Å². The number of nitrogens with zero attached hydrogens (tertiary/aromatic N) is 2. The fourth-order valence-electron chi connectivity index (χ4n) is 4.90. The van der Waals surface area contributed by atoms with E-state index in [1.807, 2.05) is 60.7 Å². The van der Waals surface area contributed by atoms with Gasteiger partial charge in [-0.3, -0.25) is 0 Å². The van der Waals surface area contributed by atoms with Crippen molar-refractivity contribution in [2.24, 2.45) is 11.5 Å². The molecule has 0 amide bonds. The highest BCUT2D eigenvalue weighted by Crippen LogP contribution is 2.43. The first-order valence-electron chi connectivity index (χ1n) is 13.7. The predicted molar refractivity (Wildman–Crippen MR) is 168 cm³/mol. The van der Waals surface area contributed by atoms with E-state index in [4.69, 9.17) is 64.3 Å². The Morgan fingerprint density at radius 2 is 1.02 bits per heavy atom. The van der Waals surface area contributed by atoms with Gasteiger partial charge in [-0.1, -0.05) is 59.6 Å². The first-order valence-corrected chi connectivity index (χ1v) is 14.5. The lowest BCUT2D eigenvalue weighted by molar-refractivity contribution is 0.279. The van der Waals surface area contributed by atoms with Gasteiger partial charge in [0, 0.05) is 58.7 Å². The van der Waals surface area contributed by atoms with Crippen molar-refractivity contribution in [3.05, 3.63) is 81.8 Å². The first kappa shape index (κ1) is 31.7. The van der Waals surface area contributed by atoms with Gasteiger partial charge in [-0.25, -0.2) is 9.97 Å². The number of ether oxygens (including phenoxy) is 2. The van der Waals surface area contributed by atoms with Crippen LogP contribution in [-0.4, -0.2) is 47.6 Å². The maximum Gasteiger partial charge on any atom is 0.218 e. The molecule has 222 valence electrons. The molecule has 0 aliphatic heterocycles. The fraction of sp³-hybridized carbons (Fsp3) is 0.312. The summed E-state index contributed by atoms with van der Waals surface area (Å²) in [5.74, 6) is 0.831. The van der Waals surface area contributed by atoms with Crippen molar-refractivity contribution in [1.82, 2.24) is 9.97 Å². The normalized spacial score (nSPS) is 12.7. The van der Waals surface area contributed by atoms with Crippen LogP contribution in [0.2, 0.25) is 10.0 Å². The molecule has 0 aliphatic carbocycles. The minimum absolute atomic E-state index is 0.0716. The van der Waals surface area contributed by atoms with Crippen molar-refractivity contribution in [2.45, 2.75) is 37.8 Å². The zero-order valence-electron chi connectivity index (χ0n) is 23.7. The molecule has 4 rings (SSSR count). The molecule has 2 aromatic heterocycles. The second-order valence-electron chi connectivity index (χ2n) is 9.87. The Hall–Kier alpha value is -3.24. The molecular formula is C32H36Cl2N4O4. The second-order valence-corrected chi connectivity index (χ2v) is 10.6. The Balaban J connectivity index is 1.72. The third-order valence-electron chi connectivity index (χ3n) is 7.15. The van der Waals surface area contributed by atoms with Crippen molar-refractivity contribution in [3.8, 4) is 45.4 Å². The van der Waals surface area contributed by atoms with E-state index in [9.17, 15) is 0 Å². The SMILES string of the molecule is COc1nc(-c2cccc(-c3cccc(-c4ccc(C(N)CCCO)c(OC)n4)c3Cl)c2Cl)ccc1C(N)CCCO. The van der Waals surface area contributed by atoms with Crippen molar-refractivity contribution in [2.75, 3.05) is 27.4 Å². The van der Waals surface area contributed by atoms with E-state index in [0.29, 0.717) is 70.0 Å². The topological polar surface area (TPSA) is 137 Å². The van der Waals surface area contributed by atoms with Crippen LogP contribution in [0.3, 0.4) is 0 Å². The van der Waals surface area contributed by atoms with Gasteiger partial charge in [-0.2, -0.15) is 0 Å². The molecule has 0 spiro atoms. The van der Waals surface area contributed by atoms with E-state index in [-0.39, 0.29) is 25.3 Å². The number of pyridine rings is 2. The van der Waals surface area contributed by atoms with Crippen molar-refractivity contribution in [1.29, 1.82) is 0 Å². The van der Waals surface area contributed by atoms with Gasteiger partial charge in [0.05, 0.1) is 35.7 Å². The van der Waals surface area contributed by atoms with Crippen LogP contribution in [0.15, 0.2) is 60.7 Å². The average Bonchev–Trinajstić information content (AvgIpc) is 3.02. The molecule has 6 N–H and O–H groups in total.